The van der Waals surface area contributed by atoms with Crippen molar-refractivity contribution in [1.82, 2.24) is 4.90 Å². The molecule has 1 aromatic heterocycles. The summed E-state index contributed by atoms with van der Waals surface area (Å²) in [5.41, 5.74) is 0. The first-order chi connectivity index (χ1) is 8.24. The maximum Gasteiger partial charge on any atom is 0.265 e. The second kappa shape index (κ2) is 6.34. The maximum atomic E-state index is 12.5. The Morgan fingerprint density at radius 1 is 1.47 bits per heavy atom. The highest BCUT2D eigenvalue weighted by Gasteiger charge is 2.27. The number of halogens is 2. The predicted octanol–water partition coefficient (Wildman–Crippen LogP) is 4.29. The van der Waals surface area contributed by atoms with Gasteiger partial charge in [-0.15, -0.1) is 11.3 Å². The van der Waals surface area contributed by atoms with Crippen molar-refractivity contribution in [3.05, 3.63) is 20.8 Å². The summed E-state index contributed by atoms with van der Waals surface area (Å²) in [5, 5.41) is 2.83. The Balaban J connectivity index is 2.18. The number of likely N-dealkylation sites (tertiary alicyclic amines) is 1. The second-order valence-electron chi connectivity index (χ2n) is 4.25. The zero-order valence-corrected chi connectivity index (χ0v) is 13.5. The molecule has 0 aromatic carbocycles. The minimum atomic E-state index is 0.179. The summed E-state index contributed by atoms with van der Waals surface area (Å²) in [6, 6.07) is 2.29. The zero-order chi connectivity index (χ0) is 12.3. The minimum absolute atomic E-state index is 0.179. The van der Waals surface area contributed by atoms with Crippen LogP contribution in [0.25, 0.3) is 0 Å². The molecule has 1 unspecified atom stereocenters. The number of nitrogens with zero attached hydrogens (tertiary/aromatic N) is 1. The van der Waals surface area contributed by atoms with E-state index in [0.29, 0.717) is 6.04 Å². The van der Waals surface area contributed by atoms with Gasteiger partial charge in [-0.25, -0.2) is 0 Å². The predicted molar refractivity (Wildman–Crippen MR) is 79.1 cm³/mol. The first kappa shape index (κ1) is 13.6. The summed E-state index contributed by atoms with van der Waals surface area (Å²) in [6.07, 6.45) is 4.70. The number of thiophene rings is 1. The van der Waals surface area contributed by atoms with Crippen molar-refractivity contribution in [3.8, 4) is 0 Å². The Hall–Kier alpha value is 0.130. The molecule has 1 aromatic rings. The number of carbonyl (C=O) groups is 1. The van der Waals surface area contributed by atoms with Crippen LogP contribution in [0.2, 0.25) is 0 Å². The van der Waals surface area contributed by atoms with E-state index in [1.165, 1.54) is 24.2 Å². The lowest BCUT2D eigenvalue weighted by atomic mass is 10.1. The highest BCUT2D eigenvalue weighted by Crippen LogP contribution is 2.27. The van der Waals surface area contributed by atoms with Gasteiger partial charge in [0.05, 0.1) is 0 Å². The van der Waals surface area contributed by atoms with Gasteiger partial charge in [-0.1, -0.05) is 28.8 Å². The molecule has 2 nitrogen and oxygen atoms in total. The monoisotopic (exact) mass is 379 g/mol. The lowest BCUT2D eigenvalue weighted by molar-refractivity contribution is 0.0706. The molecule has 1 amide bonds. The van der Waals surface area contributed by atoms with Crippen molar-refractivity contribution in [3.63, 3.8) is 0 Å². The normalized spacial score (nSPS) is 21.3. The molecule has 94 valence electrons. The van der Waals surface area contributed by atoms with E-state index < -0.39 is 0 Å². The van der Waals surface area contributed by atoms with E-state index in [-0.39, 0.29) is 5.91 Å². The van der Waals surface area contributed by atoms with Gasteiger partial charge in [0, 0.05) is 22.4 Å². The van der Waals surface area contributed by atoms with Gasteiger partial charge in [0.15, 0.2) is 0 Å². The first-order valence-electron chi connectivity index (χ1n) is 5.84. The molecule has 1 atom stereocenters. The number of rotatable bonds is 2. The van der Waals surface area contributed by atoms with Crippen LogP contribution in [-0.2, 0) is 0 Å². The van der Waals surface area contributed by atoms with E-state index in [4.69, 9.17) is 0 Å². The Morgan fingerprint density at radius 2 is 2.29 bits per heavy atom. The van der Waals surface area contributed by atoms with Crippen LogP contribution in [-0.4, -0.2) is 28.7 Å². The maximum absolute atomic E-state index is 12.5. The van der Waals surface area contributed by atoms with Crippen LogP contribution in [0.15, 0.2) is 15.9 Å². The van der Waals surface area contributed by atoms with Crippen LogP contribution >= 0.6 is 43.2 Å². The van der Waals surface area contributed by atoms with Crippen molar-refractivity contribution in [2.45, 2.75) is 31.7 Å². The van der Waals surface area contributed by atoms with Crippen LogP contribution in [0.3, 0.4) is 0 Å². The molecule has 0 bridgehead atoms. The highest BCUT2D eigenvalue weighted by atomic mass is 79.9. The lowest BCUT2D eigenvalue weighted by Gasteiger charge is -2.28. The third kappa shape index (κ3) is 3.12. The molecule has 5 heteroatoms. The van der Waals surface area contributed by atoms with Gasteiger partial charge in [-0.3, -0.25) is 4.79 Å². The number of amides is 1. The Labute approximate surface area is 123 Å². The molecule has 0 N–H and O–H groups in total. The summed E-state index contributed by atoms with van der Waals surface area (Å²) >= 11 is 8.50. The number of hydrogen-bond donors (Lipinski definition) is 0. The molecule has 1 fully saturated rings. The molecule has 0 radical (unpaired) electrons. The van der Waals surface area contributed by atoms with Crippen molar-refractivity contribution < 1.29 is 4.79 Å². The van der Waals surface area contributed by atoms with E-state index in [0.717, 1.165) is 34.1 Å². The third-order valence-corrected chi connectivity index (χ3v) is 5.70. The van der Waals surface area contributed by atoms with Gasteiger partial charge in [-0.05, 0) is 40.2 Å². The fraction of sp³-hybridized carbons (Fsp3) is 0.583. The largest absolute Gasteiger partial charge is 0.334 e. The summed E-state index contributed by atoms with van der Waals surface area (Å²) in [5.74, 6) is 0.179. The van der Waals surface area contributed by atoms with E-state index in [1.54, 1.807) is 0 Å². The van der Waals surface area contributed by atoms with Crippen LogP contribution < -0.4 is 0 Å². The standard InChI is InChI=1S/C12H15Br2NOS/c13-8-9-4-2-1-3-6-15(9)12(16)11-10(14)5-7-17-11/h5,7,9H,1-4,6,8H2. The van der Waals surface area contributed by atoms with Crippen molar-refractivity contribution in [2.75, 3.05) is 11.9 Å². The fourth-order valence-corrected chi connectivity index (χ4v) is 4.35. The smallest absolute Gasteiger partial charge is 0.265 e. The quantitative estimate of drug-likeness (QED) is 0.700. The van der Waals surface area contributed by atoms with Crippen molar-refractivity contribution in [2.24, 2.45) is 0 Å². The Morgan fingerprint density at radius 3 is 2.94 bits per heavy atom. The third-order valence-electron chi connectivity index (χ3n) is 3.13. The summed E-state index contributed by atoms with van der Waals surface area (Å²) in [4.78, 5) is 15.4. The fourth-order valence-electron chi connectivity index (χ4n) is 2.18. The average molecular weight is 381 g/mol. The highest BCUT2D eigenvalue weighted by molar-refractivity contribution is 9.10. The molecule has 1 saturated heterocycles. The van der Waals surface area contributed by atoms with Gasteiger partial charge in [0.25, 0.3) is 5.91 Å². The van der Waals surface area contributed by atoms with Crippen molar-refractivity contribution >= 4 is 49.1 Å². The first-order valence-corrected chi connectivity index (χ1v) is 8.63. The number of hydrogen-bond acceptors (Lipinski definition) is 2. The Bertz CT molecular complexity index is 394. The topological polar surface area (TPSA) is 20.3 Å². The number of carbonyl (C=O) groups excluding carboxylic acids is 1. The molecule has 2 heterocycles. The second-order valence-corrected chi connectivity index (χ2v) is 6.67. The van der Waals surface area contributed by atoms with Gasteiger partial charge in [0.2, 0.25) is 0 Å². The molecular weight excluding hydrogens is 366 g/mol. The molecule has 1 aliphatic rings. The molecule has 0 saturated carbocycles. The Kier molecular flexibility index (Phi) is 5.06. The van der Waals surface area contributed by atoms with E-state index in [1.807, 2.05) is 16.3 Å². The molecule has 2 rings (SSSR count). The van der Waals surface area contributed by atoms with Crippen LogP contribution in [0, 0.1) is 0 Å². The van der Waals surface area contributed by atoms with Gasteiger partial charge in [-0.2, -0.15) is 0 Å². The molecule has 17 heavy (non-hydrogen) atoms. The van der Waals surface area contributed by atoms with E-state index >= 15 is 0 Å². The van der Waals surface area contributed by atoms with E-state index in [9.17, 15) is 4.79 Å². The van der Waals surface area contributed by atoms with Crippen LogP contribution in [0.5, 0.6) is 0 Å². The SMILES string of the molecule is O=C(c1sccc1Br)N1CCCCCC1CBr. The molecular formula is C12H15Br2NOS. The molecule has 0 aliphatic carbocycles. The lowest BCUT2D eigenvalue weighted by Crippen LogP contribution is -2.40. The summed E-state index contributed by atoms with van der Waals surface area (Å²) in [7, 11) is 0. The van der Waals surface area contributed by atoms with Gasteiger partial charge < -0.3 is 4.90 Å². The van der Waals surface area contributed by atoms with Crippen LogP contribution in [0.4, 0.5) is 0 Å². The summed E-state index contributed by atoms with van der Waals surface area (Å²) in [6.45, 7) is 0.888. The van der Waals surface area contributed by atoms with Gasteiger partial charge in [0.1, 0.15) is 4.88 Å². The molecule has 1 aliphatic heterocycles. The summed E-state index contributed by atoms with van der Waals surface area (Å²) < 4.78 is 0.921. The average Bonchev–Trinajstić information content (AvgIpc) is 2.64. The van der Waals surface area contributed by atoms with E-state index in [2.05, 4.69) is 31.9 Å². The number of alkyl halides is 1. The van der Waals surface area contributed by atoms with Crippen molar-refractivity contribution in [1.29, 1.82) is 0 Å². The minimum Gasteiger partial charge on any atom is -0.334 e. The molecule has 0 spiro atoms. The van der Waals surface area contributed by atoms with Gasteiger partial charge >= 0.3 is 0 Å². The zero-order valence-electron chi connectivity index (χ0n) is 9.49. The van der Waals surface area contributed by atoms with Crippen LogP contribution in [0.1, 0.15) is 35.4 Å².